The van der Waals surface area contributed by atoms with Gasteiger partial charge in [0.15, 0.2) is 5.22 Å². The van der Waals surface area contributed by atoms with Crippen molar-refractivity contribution in [3.63, 3.8) is 0 Å². The van der Waals surface area contributed by atoms with Crippen LogP contribution >= 0.6 is 11.6 Å². The standard InChI is InChI=1S/C15H17ClFNO/c1-2-8-18-13(14-6-7-15(16)19-14)10-11-4-3-5-12(17)9-11/h3-7,9,13,18H,2,8,10H2,1H3. The fraction of sp³-hybridized carbons (Fsp3) is 0.333. The molecule has 1 atom stereocenters. The van der Waals surface area contributed by atoms with Crippen molar-refractivity contribution in [2.75, 3.05) is 6.54 Å². The minimum Gasteiger partial charge on any atom is -0.448 e. The fourth-order valence-corrected chi connectivity index (χ4v) is 2.16. The molecule has 2 aromatic rings. The van der Waals surface area contributed by atoms with Crippen molar-refractivity contribution in [3.05, 3.63) is 58.8 Å². The molecular weight excluding hydrogens is 265 g/mol. The minimum atomic E-state index is -0.218. The Hall–Kier alpha value is -1.32. The summed E-state index contributed by atoms with van der Waals surface area (Å²) in [6.45, 7) is 2.97. The third-order valence-electron chi connectivity index (χ3n) is 2.91. The molecule has 0 fully saturated rings. The van der Waals surface area contributed by atoms with E-state index < -0.39 is 0 Å². The summed E-state index contributed by atoms with van der Waals surface area (Å²) in [6, 6.07) is 10.2. The van der Waals surface area contributed by atoms with Crippen molar-refractivity contribution in [1.82, 2.24) is 5.32 Å². The van der Waals surface area contributed by atoms with Gasteiger partial charge in [-0.2, -0.15) is 0 Å². The fourth-order valence-electron chi connectivity index (χ4n) is 2.01. The summed E-state index contributed by atoms with van der Waals surface area (Å²) >= 11 is 5.81. The highest BCUT2D eigenvalue weighted by atomic mass is 35.5. The first-order valence-corrected chi connectivity index (χ1v) is 6.80. The maximum Gasteiger partial charge on any atom is 0.193 e. The molecule has 0 radical (unpaired) electrons. The summed E-state index contributed by atoms with van der Waals surface area (Å²) in [5, 5.41) is 3.76. The Morgan fingerprint density at radius 1 is 1.32 bits per heavy atom. The first-order chi connectivity index (χ1) is 9.19. The summed E-state index contributed by atoms with van der Waals surface area (Å²) < 4.78 is 18.7. The predicted octanol–water partition coefficient (Wildman–Crippen LogP) is 4.36. The first kappa shape index (κ1) is 14.1. The largest absolute Gasteiger partial charge is 0.448 e. The third-order valence-corrected chi connectivity index (χ3v) is 3.11. The quantitative estimate of drug-likeness (QED) is 0.851. The maximum atomic E-state index is 13.2. The number of nitrogens with one attached hydrogen (secondary N) is 1. The van der Waals surface area contributed by atoms with Crippen LogP contribution in [0.4, 0.5) is 4.39 Å². The number of hydrogen-bond acceptors (Lipinski definition) is 2. The lowest BCUT2D eigenvalue weighted by Gasteiger charge is -2.16. The van der Waals surface area contributed by atoms with Crippen LogP contribution in [0.1, 0.15) is 30.7 Å². The van der Waals surface area contributed by atoms with E-state index in [-0.39, 0.29) is 11.9 Å². The molecule has 0 bridgehead atoms. The van der Waals surface area contributed by atoms with Crippen LogP contribution < -0.4 is 5.32 Å². The Kier molecular flexibility index (Phi) is 5.00. The summed E-state index contributed by atoms with van der Waals surface area (Å²) in [5.41, 5.74) is 0.932. The van der Waals surface area contributed by atoms with E-state index in [0.717, 1.165) is 24.3 Å². The molecule has 1 heterocycles. The van der Waals surface area contributed by atoms with E-state index in [0.29, 0.717) is 11.6 Å². The predicted molar refractivity (Wildman–Crippen MR) is 74.9 cm³/mol. The van der Waals surface area contributed by atoms with Gasteiger partial charge in [0.1, 0.15) is 11.6 Å². The molecule has 1 aromatic heterocycles. The molecule has 0 saturated heterocycles. The van der Waals surface area contributed by atoms with E-state index in [2.05, 4.69) is 12.2 Å². The molecule has 0 aliphatic carbocycles. The smallest absolute Gasteiger partial charge is 0.193 e. The number of benzene rings is 1. The van der Waals surface area contributed by atoms with Crippen LogP contribution in [-0.2, 0) is 6.42 Å². The van der Waals surface area contributed by atoms with Crippen LogP contribution in [0.5, 0.6) is 0 Å². The van der Waals surface area contributed by atoms with Gasteiger partial charge in [-0.05, 0) is 60.8 Å². The molecule has 0 aliphatic rings. The molecule has 1 aromatic carbocycles. The summed E-state index contributed by atoms with van der Waals surface area (Å²) in [4.78, 5) is 0. The lowest BCUT2D eigenvalue weighted by atomic mass is 10.0. The maximum absolute atomic E-state index is 13.2. The molecule has 0 saturated carbocycles. The molecule has 0 spiro atoms. The van der Waals surface area contributed by atoms with Gasteiger partial charge in [-0.3, -0.25) is 0 Å². The van der Waals surface area contributed by atoms with Crippen molar-refractivity contribution in [1.29, 1.82) is 0 Å². The van der Waals surface area contributed by atoms with E-state index in [4.69, 9.17) is 16.0 Å². The second-order valence-electron chi connectivity index (χ2n) is 4.48. The Bertz CT molecular complexity index is 526. The minimum absolute atomic E-state index is 0.00856. The van der Waals surface area contributed by atoms with Crippen molar-refractivity contribution in [2.24, 2.45) is 0 Å². The van der Waals surface area contributed by atoms with Gasteiger partial charge < -0.3 is 9.73 Å². The molecule has 2 nitrogen and oxygen atoms in total. The van der Waals surface area contributed by atoms with Crippen LogP contribution in [0.2, 0.25) is 5.22 Å². The molecule has 4 heteroatoms. The Balaban J connectivity index is 2.13. The molecule has 2 rings (SSSR count). The zero-order valence-electron chi connectivity index (χ0n) is 10.8. The van der Waals surface area contributed by atoms with Crippen molar-refractivity contribution in [3.8, 4) is 0 Å². The Morgan fingerprint density at radius 3 is 2.79 bits per heavy atom. The SMILES string of the molecule is CCCNC(Cc1cccc(F)c1)c1ccc(Cl)o1. The van der Waals surface area contributed by atoms with E-state index in [1.54, 1.807) is 18.2 Å². The van der Waals surface area contributed by atoms with Crippen LogP contribution in [0.25, 0.3) is 0 Å². The highest BCUT2D eigenvalue weighted by Crippen LogP contribution is 2.23. The zero-order chi connectivity index (χ0) is 13.7. The zero-order valence-corrected chi connectivity index (χ0v) is 11.6. The van der Waals surface area contributed by atoms with Gasteiger partial charge in [0.05, 0.1) is 6.04 Å². The number of furan rings is 1. The lowest BCUT2D eigenvalue weighted by Crippen LogP contribution is -2.23. The second kappa shape index (κ2) is 6.73. The summed E-state index contributed by atoms with van der Waals surface area (Å²) in [5.74, 6) is 0.562. The monoisotopic (exact) mass is 281 g/mol. The number of halogens is 2. The number of rotatable bonds is 6. The van der Waals surface area contributed by atoms with E-state index in [9.17, 15) is 4.39 Å². The van der Waals surface area contributed by atoms with Crippen LogP contribution in [0, 0.1) is 5.82 Å². The molecule has 102 valence electrons. The molecule has 1 unspecified atom stereocenters. The molecule has 1 N–H and O–H groups in total. The van der Waals surface area contributed by atoms with E-state index in [1.165, 1.54) is 6.07 Å². The molecular formula is C15H17ClFNO. The van der Waals surface area contributed by atoms with Crippen LogP contribution in [0.3, 0.4) is 0 Å². The first-order valence-electron chi connectivity index (χ1n) is 6.42. The molecule has 0 amide bonds. The summed E-state index contributed by atoms with van der Waals surface area (Å²) in [7, 11) is 0. The van der Waals surface area contributed by atoms with Gasteiger partial charge in [0.2, 0.25) is 0 Å². The summed E-state index contributed by atoms with van der Waals surface area (Å²) in [6.07, 6.45) is 1.69. The lowest BCUT2D eigenvalue weighted by molar-refractivity contribution is 0.411. The van der Waals surface area contributed by atoms with Gasteiger partial charge in [0, 0.05) is 0 Å². The van der Waals surface area contributed by atoms with Gasteiger partial charge in [-0.15, -0.1) is 0 Å². The van der Waals surface area contributed by atoms with Crippen LogP contribution in [-0.4, -0.2) is 6.54 Å². The average molecular weight is 282 g/mol. The Labute approximate surface area is 117 Å². The van der Waals surface area contributed by atoms with Gasteiger partial charge in [0.25, 0.3) is 0 Å². The molecule has 0 aliphatic heterocycles. The van der Waals surface area contributed by atoms with Crippen molar-refractivity contribution < 1.29 is 8.81 Å². The highest BCUT2D eigenvalue weighted by Gasteiger charge is 2.15. The highest BCUT2D eigenvalue weighted by molar-refractivity contribution is 6.28. The van der Waals surface area contributed by atoms with Crippen molar-refractivity contribution in [2.45, 2.75) is 25.8 Å². The average Bonchev–Trinajstić information content (AvgIpc) is 2.81. The topological polar surface area (TPSA) is 25.2 Å². The number of hydrogen-bond donors (Lipinski definition) is 1. The second-order valence-corrected chi connectivity index (χ2v) is 4.86. The van der Waals surface area contributed by atoms with E-state index in [1.807, 2.05) is 12.1 Å². The Morgan fingerprint density at radius 2 is 2.16 bits per heavy atom. The normalized spacial score (nSPS) is 12.6. The van der Waals surface area contributed by atoms with Gasteiger partial charge >= 0.3 is 0 Å². The van der Waals surface area contributed by atoms with Gasteiger partial charge in [-0.25, -0.2) is 4.39 Å². The van der Waals surface area contributed by atoms with E-state index >= 15 is 0 Å². The third kappa shape index (κ3) is 4.08. The van der Waals surface area contributed by atoms with Crippen LogP contribution in [0.15, 0.2) is 40.8 Å². The van der Waals surface area contributed by atoms with Crippen molar-refractivity contribution >= 4 is 11.6 Å². The molecule has 19 heavy (non-hydrogen) atoms. The van der Waals surface area contributed by atoms with Gasteiger partial charge in [-0.1, -0.05) is 19.1 Å².